The summed E-state index contributed by atoms with van der Waals surface area (Å²) in [4.78, 5) is 0. The Morgan fingerprint density at radius 3 is 2.76 bits per heavy atom. The second-order valence-corrected chi connectivity index (χ2v) is 4.56. The highest BCUT2D eigenvalue weighted by molar-refractivity contribution is 7.98. The van der Waals surface area contributed by atoms with Crippen LogP contribution in [0.15, 0.2) is 18.2 Å². The minimum absolute atomic E-state index is 0.645. The Morgan fingerprint density at radius 1 is 1.29 bits per heavy atom. The Bertz CT molecular complexity index is 331. The zero-order chi connectivity index (χ0) is 12.5. The largest absolute Gasteiger partial charge is 0.493 e. The Hall–Kier alpha value is -1.03. The molecule has 1 aromatic rings. The molecule has 96 valence electrons. The third-order valence-corrected chi connectivity index (χ3v) is 3.01. The number of nitrogens with one attached hydrogen (secondary N) is 1. The number of hydrogen-bond donors (Lipinski definition) is 1. The molecule has 0 saturated heterocycles. The van der Waals surface area contributed by atoms with E-state index in [4.69, 9.17) is 9.47 Å². The maximum atomic E-state index is 5.53. The number of thioether (sulfide) groups is 1. The number of rotatable bonds is 8. The standard InChI is InChI=1S/C13H21NO2S/c1-4-16-13-10-11(6-7-12(13)15-2)14-8-5-9-17-3/h6-7,10,14H,4-5,8-9H2,1-3H3. The normalized spacial score (nSPS) is 10.1. The lowest BCUT2D eigenvalue weighted by Crippen LogP contribution is -2.03. The van der Waals surface area contributed by atoms with Gasteiger partial charge in [0, 0.05) is 18.3 Å². The van der Waals surface area contributed by atoms with Crippen molar-refractivity contribution >= 4 is 17.4 Å². The SMILES string of the molecule is CCOc1cc(NCCCSC)ccc1OC. The molecule has 1 aromatic carbocycles. The molecule has 0 bridgehead atoms. The molecule has 1 rings (SSSR count). The number of benzene rings is 1. The number of hydrogen-bond acceptors (Lipinski definition) is 4. The Labute approximate surface area is 108 Å². The van der Waals surface area contributed by atoms with Gasteiger partial charge in [0.2, 0.25) is 0 Å². The maximum absolute atomic E-state index is 5.53. The third-order valence-electron chi connectivity index (χ3n) is 2.32. The van der Waals surface area contributed by atoms with Gasteiger partial charge in [-0.15, -0.1) is 0 Å². The molecule has 17 heavy (non-hydrogen) atoms. The van der Waals surface area contributed by atoms with Crippen LogP contribution in [0, 0.1) is 0 Å². The van der Waals surface area contributed by atoms with Gasteiger partial charge in [0.05, 0.1) is 13.7 Å². The van der Waals surface area contributed by atoms with Gasteiger partial charge < -0.3 is 14.8 Å². The van der Waals surface area contributed by atoms with E-state index in [1.807, 2.05) is 36.9 Å². The van der Waals surface area contributed by atoms with Gasteiger partial charge in [-0.25, -0.2) is 0 Å². The van der Waals surface area contributed by atoms with E-state index in [-0.39, 0.29) is 0 Å². The highest BCUT2D eigenvalue weighted by Crippen LogP contribution is 2.30. The van der Waals surface area contributed by atoms with Gasteiger partial charge in [-0.05, 0) is 37.5 Å². The van der Waals surface area contributed by atoms with E-state index in [1.165, 1.54) is 5.75 Å². The van der Waals surface area contributed by atoms with Crippen molar-refractivity contribution in [1.29, 1.82) is 0 Å². The summed E-state index contributed by atoms with van der Waals surface area (Å²) >= 11 is 1.87. The summed E-state index contributed by atoms with van der Waals surface area (Å²) in [6.07, 6.45) is 3.29. The molecular formula is C13H21NO2S. The van der Waals surface area contributed by atoms with Gasteiger partial charge in [-0.2, -0.15) is 11.8 Å². The summed E-state index contributed by atoms with van der Waals surface area (Å²) in [6, 6.07) is 5.93. The Balaban J connectivity index is 2.57. The first-order valence-corrected chi connectivity index (χ1v) is 7.24. The van der Waals surface area contributed by atoms with Gasteiger partial charge in [-0.1, -0.05) is 0 Å². The van der Waals surface area contributed by atoms with Crippen molar-refractivity contribution in [2.45, 2.75) is 13.3 Å². The van der Waals surface area contributed by atoms with Crippen molar-refractivity contribution in [3.63, 3.8) is 0 Å². The zero-order valence-electron chi connectivity index (χ0n) is 10.8. The van der Waals surface area contributed by atoms with Crippen molar-refractivity contribution in [2.24, 2.45) is 0 Å². The predicted molar refractivity (Wildman–Crippen MR) is 75.7 cm³/mol. The molecule has 0 aliphatic carbocycles. The van der Waals surface area contributed by atoms with E-state index in [1.54, 1.807) is 7.11 Å². The highest BCUT2D eigenvalue weighted by atomic mass is 32.2. The van der Waals surface area contributed by atoms with Gasteiger partial charge in [0.1, 0.15) is 0 Å². The first-order chi connectivity index (χ1) is 8.31. The van der Waals surface area contributed by atoms with Crippen molar-refractivity contribution in [1.82, 2.24) is 0 Å². The fourth-order valence-electron chi connectivity index (χ4n) is 1.50. The van der Waals surface area contributed by atoms with Crippen LogP contribution in [0.5, 0.6) is 11.5 Å². The van der Waals surface area contributed by atoms with Crippen LogP contribution >= 0.6 is 11.8 Å². The molecular weight excluding hydrogens is 234 g/mol. The summed E-state index contributed by atoms with van der Waals surface area (Å²) in [5, 5.41) is 3.38. The minimum Gasteiger partial charge on any atom is -0.493 e. The molecule has 0 amide bonds. The lowest BCUT2D eigenvalue weighted by Gasteiger charge is -2.12. The van der Waals surface area contributed by atoms with Crippen LogP contribution < -0.4 is 14.8 Å². The van der Waals surface area contributed by atoms with Crippen LogP contribution in [0.4, 0.5) is 5.69 Å². The van der Waals surface area contributed by atoms with Crippen LogP contribution in [-0.2, 0) is 0 Å². The zero-order valence-corrected chi connectivity index (χ0v) is 11.6. The number of methoxy groups -OCH3 is 1. The Kier molecular flexibility index (Phi) is 6.70. The van der Waals surface area contributed by atoms with E-state index < -0.39 is 0 Å². The molecule has 0 atom stereocenters. The molecule has 0 heterocycles. The lowest BCUT2D eigenvalue weighted by atomic mass is 10.2. The van der Waals surface area contributed by atoms with Gasteiger partial charge in [0.25, 0.3) is 0 Å². The van der Waals surface area contributed by atoms with E-state index in [0.717, 1.165) is 30.2 Å². The molecule has 0 radical (unpaired) electrons. The average molecular weight is 255 g/mol. The first kappa shape index (κ1) is 14.0. The molecule has 1 N–H and O–H groups in total. The number of anilines is 1. The van der Waals surface area contributed by atoms with Crippen molar-refractivity contribution in [3.05, 3.63) is 18.2 Å². The van der Waals surface area contributed by atoms with Crippen molar-refractivity contribution in [3.8, 4) is 11.5 Å². The monoisotopic (exact) mass is 255 g/mol. The molecule has 0 aromatic heterocycles. The summed E-state index contributed by atoms with van der Waals surface area (Å²) < 4.78 is 10.8. The van der Waals surface area contributed by atoms with Crippen molar-refractivity contribution in [2.75, 3.05) is 37.6 Å². The molecule has 0 fully saturated rings. The quantitative estimate of drug-likeness (QED) is 0.722. The fraction of sp³-hybridized carbons (Fsp3) is 0.538. The van der Waals surface area contributed by atoms with Gasteiger partial charge in [-0.3, -0.25) is 0 Å². The van der Waals surface area contributed by atoms with Crippen LogP contribution in [-0.4, -0.2) is 32.3 Å². The minimum atomic E-state index is 0.645. The third kappa shape index (κ3) is 4.77. The predicted octanol–water partition coefficient (Wildman–Crippen LogP) is 3.26. The summed E-state index contributed by atoms with van der Waals surface area (Å²) in [5.74, 6) is 2.76. The van der Waals surface area contributed by atoms with E-state index in [9.17, 15) is 0 Å². The van der Waals surface area contributed by atoms with Gasteiger partial charge in [0.15, 0.2) is 11.5 Å². The van der Waals surface area contributed by atoms with E-state index in [0.29, 0.717) is 6.61 Å². The molecule has 4 heteroatoms. The summed E-state index contributed by atoms with van der Waals surface area (Å²) in [6.45, 7) is 3.60. The molecule has 3 nitrogen and oxygen atoms in total. The summed E-state index contributed by atoms with van der Waals surface area (Å²) in [5.41, 5.74) is 1.08. The van der Waals surface area contributed by atoms with Crippen LogP contribution in [0.25, 0.3) is 0 Å². The molecule has 0 saturated carbocycles. The average Bonchev–Trinajstić information content (AvgIpc) is 2.35. The smallest absolute Gasteiger partial charge is 0.163 e. The second-order valence-electron chi connectivity index (χ2n) is 3.57. The van der Waals surface area contributed by atoms with Crippen molar-refractivity contribution < 1.29 is 9.47 Å². The number of ether oxygens (including phenoxy) is 2. The molecule has 0 unspecified atom stereocenters. The van der Waals surface area contributed by atoms with E-state index >= 15 is 0 Å². The highest BCUT2D eigenvalue weighted by Gasteiger charge is 2.04. The topological polar surface area (TPSA) is 30.5 Å². The van der Waals surface area contributed by atoms with Gasteiger partial charge >= 0.3 is 0 Å². The molecule has 0 aliphatic heterocycles. The van der Waals surface area contributed by atoms with Crippen LogP contribution in [0.3, 0.4) is 0 Å². The maximum Gasteiger partial charge on any atom is 0.163 e. The Morgan fingerprint density at radius 2 is 2.12 bits per heavy atom. The summed E-state index contributed by atoms with van der Waals surface area (Å²) in [7, 11) is 1.66. The fourth-order valence-corrected chi connectivity index (χ4v) is 1.94. The first-order valence-electron chi connectivity index (χ1n) is 5.85. The second kappa shape index (κ2) is 8.12. The lowest BCUT2D eigenvalue weighted by molar-refractivity contribution is 0.311. The van der Waals surface area contributed by atoms with E-state index in [2.05, 4.69) is 11.6 Å². The van der Waals surface area contributed by atoms with Crippen LogP contribution in [0.2, 0.25) is 0 Å². The van der Waals surface area contributed by atoms with Crippen LogP contribution in [0.1, 0.15) is 13.3 Å². The molecule has 0 aliphatic rings. The molecule has 0 spiro atoms.